The quantitative estimate of drug-likeness (QED) is 0.355. The Balaban J connectivity index is -0.000000112. The largest absolute Gasteiger partial charge is 0 e. The summed E-state index contributed by atoms with van der Waals surface area (Å²) in [5, 5.41) is 0. The van der Waals surface area contributed by atoms with Crippen LogP contribution >= 0.6 is 0 Å². The maximum atomic E-state index is 3.19. The molecule has 1 aliphatic rings. The average molecular weight is 1280 g/mol. The van der Waals surface area contributed by atoms with Gasteiger partial charge in [-0.1, -0.05) is 0 Å². The van der Waals surface area contributed by atoms with Crippen LogP contribution in [0.2, 0.25) is 0 Å². The first-order valence-electron chi connectivity index (χ1n) is 5.34. The molecule has 0 heterocycles. The summed E-state index contributed by atoms with van der Waals surface area (Å²) < 4.78 is 6.45. The van der Waals surface area contributed by atoms with Gasteiger partial charge in [0.25, 0.3) is 0 Å². The van der Waals surface area contributed by atoms with Crippen molar-refractivity contribution in [1.29, 1.82) is 0 Å². The molecule has 0 amide bonds. The normalized spacial score (nSPS) is 13.3. The number of allylic oxidation sites excluding steroid dienone is 2. The topological polar surface area (TPSA) is 0 Å². The summed E-state index contributed by atoms with van der Waals surface area (Å²) in [6.07, 6.45) is 3.66. The number of hydrogen-bond acceptors (Lipinski definition) is 0. The first-order valence-corrected chi connectivity index (χ1v) is 9.74. The zero-order chi connectivity index (χ0) is 12.9. The zero-order valence-corrected chi connectivity index (χ0v) is 29.4. The van der Waals surface area contributed by atoms with Crippen LogP contribution in [0.5, 0.6) is 0 Å². The minimum absolute atomic E-state index is 0. The van der Waals surface area contributed by atoms with Gasteiger partial charge in [0.05, 0.1) is 0 Å². The summed E-state index contributed by atoms with van der Waals surface area (Å²) in [6, 6.07) is 0. The summed E-state index contributed by atoms with van der Waals surface area (Å²) in [7, 11) is 0. The second-order valence-corrected chi connectivity index (χ2v) is 9.27. The molecule has 108 valence electrons. The molecule has 6 heteroatoms. The van der Waals surface area contributed by atoms with E-state index in [2.05, 4.69) is 45.1 Å². The minimum Gasteiger partial charge on any atom is 0 e. The standard InChI is InChI=1S/C8H10.C5H9.6W/c1-7(2)8-5-3-4-6-8;1-5(2,3)4;;;;;;/h5,7H,6H2,1-2H3;1-3H3;;;;;;/q;-1;;;;;;. The molecule has 0 nitrogen and oxygen atoms in total. The average Bonchev–Trinajstić information content (AvgIpc) is 2.47. The van der Waals surface area contributed by atoms with Crippen molar-refractivity contribution in [2.24, 2.45) is 11.3 Å². The summed E-state index contributed by atoms with van der Waals surface area (Å²) in [5.41, 5.74) is 1.96. The van der Waals surface area contributed by atoms with Gasteiger partial charge in [0.2, 0.25) is 0 Å². The fourth-order valence-corrected chi connectivity index (χ4v) is 2.56. The summed E-state index contributed by atoms with van der Waals surface area (Å²) in [5.74, 6) is 0.756. The van der Waals surface area contributed by atoms with E-state index in [1.165, 1.54) is 25.8 Å². The molecule has 19 heavy (non-hydrogen) atoms. The van der Waals surface area contributed by atoms with Crippen molar-refractivity contribution in [2.45, 2.75) is 41.0 Å². The van der Waals surface area contributed by atoms with Gasteiger partial charge >= 0.3 is 134 Å². The Morgan fingerprint density at radius 1 is 1.11 bits per heavy atom. The van der Waals surface area contributed by atoms with Gasteiger partial charge in [-0.2, -0.15) is 0 Å². The Hall–Kier alpha value is 3.48. The zero-order valence-electron chi connectivity index (χ0n) is 11.8. The van der Waals surface area contributed by atoms with E-state index in [9.17, 15) is 0 Å². The van der Waals surface area contributed by atoms with Gasteiger partial charge in [-0.25, -0.2) is 0 Å². The van der Waals surface area contributed by atoms with Crippen molar-refractivity contribution >= 4 is 12.2 Å². The van der Waals surface area contributed by atoms with Gasteiger partial charge in [0.1, 0.15) is 0 Å². The summed E-state index contributed by atoms with van der Waals surface area (Å²) >= 11 is 4.74. The van der Waals surface area contributed by atoms with Crippen LogP contribution in [0.1, 0.15) is 41.0 Å². The van der Waals surface area contributed by atoms with E-state index in [-0.39, 0.29) is 63.2 Å². The Bertz CT molecular complexity index is 323. The van der Waals surface area contributed by atoms with E-state index < -0.39 is 0 Å². The van der Waals surface area contributed by atoms with Crippen LogP contribution in [-0.2, 0) is 121 Å². The maximum absolute atomic E-state index is 3.19. The predicted octanol–water partition coefficient (Wildman–Crippen LogP) is 2.66. The van der Waals surface area contributed by atoms with Gasteiger partial charge in [-0.15, -0.1) is 0 Å². The van der Waals surface area contributed by atoms with Gasteiger partial charge in [-0.3, -0.25) is 0 Å². The van der Waals surface area contributed by atoms with Crippen molar-refractivity contribution in [3.8, 4) is 0 Å². The van der Waals surface area contributed by atoms with Crippen LogP contribution in [0.25, 0.3) is 0 Å². The predicted molar refractivity (Wildman–Crippen MR) is 62.0 cm³/mol. The third-order valence-electron chi connectivity index (χ3n) is 2.00. The van der Waals surface area contributed by atoms with Gasteiger partial charge in [-0.05, 0) is 0 Å². The summed E-state index contributed by atoms with van der Waals surface area (Å²) in [4.78, 5) is 0. The molecule has 0 saturated carbocycles. The smallest absolute Gasteiger partial charge is 0 e. The molecule has 0 saturated heterocycles. The van der Waals surface area contributed by atoms with E-state index in [1.54, 1.807) is 52.1 Å². The molecule has 0 radical (unpaired) electrons. The Morgan fingerprint density at radius 3 is 1.58 bits per heavy atom. The second-order valence-electron chi connectivity index (χ2n) is 5.19. The molecule has 0 N–H and O–H groups in total. The third-order valence-corrected chi connectivity index (χ3v) is 8.84. The molecule has 0 unspecified atom stereocenters. The van der Waals surface area contributed by atoms with Gasteiger partial charge in [0, 0.05) is 63.2 Å². The molecule has 0 aliphatic heterocycles. The Morgan fingerprint density at radius 2 is 1.47 bits per heavy atom. The van der Waals surface area contributed by atoms with E-state index in [4.69, 9.17) is 0 Å². The Labute approximate surface area is 194 Å². The minimum atomic E-state index is 0. The maximum Gasteiger partial charge on any atom is 0 e. The first-order chi connectivity index (χ1) is 7.17. The summed E-state index contributed by atoms with van der Waals surface area (Å²) in [6.45, 7) is 11.0. The van der Waals surface area contributed by atoms with Gasteiger partial charge < -0.3 is 0 Å². The van der Waals surface area contributed by atoms with Crippen molar-refractivity contribution in [3.63, 3.8) is 0 Å². The molecule has 0 fully saturated rings. The molecule has 1 rings (SSSR count). The second kappa shape index (κ2) is 15.0. The number of hydrogen-bond donors (Lipinski definition) is 0. The van der Waals surface area contributed by atoms with E-state index in [0.717, 1.165) is 5.92 Å². The van der Waals surface area contributed by atoms with Crippen molar-refractivity contribution in [2.75, 3.05) is 0 Å². The van der Waals surface area contributed by atoms with Crippen LogP contribution < -0.4 is 0 Å². The van der Waals surface area contributed by atoms with Crippen molar-refractivity contribution < 1.29 is 121 Å². The molecule has 0 aromatic carbocycles. The fraction of sp³-hybridized carbons (Fsp3) is 0.615. The van der Waals surface area contributed by atoms with Crippen LogP contribution in [0.3, 0.4) is 0 Å². The molecule has 1 aliphatic carbocycles. The first kappa shape index (κ1) is 30.4. The number of rotatable bonds is 1. The Kier molecular flexibility index (Phi) is 24.0. The SMILES string of the molecule is CC(C)(C)[C-]=[W].CC(C)C1=C[C](=[W])[C](=[W])C1.[W].[W].[W]. The molecular weight excluding hydrogens is 1260 g/mol. The monoisotopic (exact) mass is 1280 g/mol. The molecular formula is C13H19W6-. The van der Waals surface area contributed by atoms with E-state index >= 15 is 0 Å². The molecule has 0 aromatic heterocycles. The van der Waals surface area contributed by atoms with E-state index in [0.29, 0.717) is 5.41 Å². The molecule has 0 atom stereocenters. The van der Waals surface area contributed by atoms with Crippen LogP contribution in [-0.4, -0.2) is 12.2 Å². The van der Waals surface area contributed by atoms with Crippen molar-refractivity contribution in [3.05, 3.63) is 11.6 Å². The third kappa shape index (κ3) is 16.1. The molecule has 0 aromatic rings. The molecule has 0 spiro atoms. The van der Waals surface area contributed by atoms with E-state index in [1.807, 2.05) is 0 Å². The van der Waals surface area contributed by atoms with Crippen LogP contribution in [0, 0.1) is 11.3 Å². The van der Waals surface area contributed by atoms with Crippen LogP contribution in [0.15, 0.2) is 11.6 Å². The fourth-order valence-electron chi connectivity index (χ4n) is 0.943. The van der Waals surface area contributed by atoms with Crippen LogP contribution in [0.4, 0.5) is 0 Å². The van der Waals surface area contributed by atoms with Crippen molar-refractivity contribution in [1.82, 2.24) is 0 Å². The molecule has 0 bridgehead atoms. The van der Waals surface area contributed by atoms with Gasteiger partial charge in [0.15, 0.2) is 0 Å².